The van der Waals surface area contributed by atoms with Crippen molar-refractivity contribution in [3.63, 3.8) is 0 Å². The van der Waals surface area contributed by atoms with E-state index in [1.165, 1.54) is 6.92 Å². The van der Waals surface area contributed by atoms with E-state index >= 15 is 0 Å². The first-order valence-corrected chi connectivity index (χ1v) is 2.96. The Kier molecular flexibility index (Phi) is 4.26. The van der Waals surface area contributed by atoms with E-state index in [-0.39, 0.29) is 12.4 Å². The Morgan fingerprint density at radius 3 is 2.67 bits per heavy atom. The maximum Gasteiger partial charge on any atom is 0.155 e. The molecule has 3 nitrogen and oxygen atoms in total. The number of carbonyl (C=O) groups excluding carboxylic acids is 1. The van der Waals surface area contributed by atoms with Crippen molar-refractivity contribution in [2.75, 3.05) is 6.61 Å². The first-order chi connectivity index (χ1) is 4.16. The maximum absolute atomic E-state index is 10.2. The van der Waals surface area contributed by atoms with E-state index in [2.05, 4.69) is 4.74 Å². The zero-order valence-electron chi connectivity index (χ0n) is 5.76. The van der Waals surface area contributed by atoms with Crippen LogP contribution in [0.15, 0.2) is 0 Å². The van der Waals surface area contributed by atoms with Crippen molar-refractivity contribution in [2.45, 2.75) is 26.6 Å². The van der Waals surface area contributed by atoms with Crippen LogP contribution in [-0.2, 0) is 9.53 Å². The van der Waals surface area contributed by atoms with Crippen LogP contribution < -0.4 is 0 Å². The summed E-state index contributed by atoms with van der Waals surface area (Å²) >= 11 is 0. The molecule has 54 valence electrons. The largest absolute Gasteiger partial charge is 0.368 e. The Bertz CT molecular complexity index is 90.3. The average Bonchev–Trinajstić information content (AvgIpc) is 1.83. The number of aliphatic hydroxyl groups is 1. The molecule has 0 spiro atoms. The van der Waals surface area contributed by atoms with Crippen molar-refractivity contribution in [3.05, 3.63) is 0 Å². The second-order valence-electron chi connectivity index (χ2n) is 1.88. The topological polar surface area (TPSA) is 46.5 Å². The van der Waals surface area contributed by atoms with E-state index in [9.17, 15) is 4.79 Å². The standard InChI is InChI=1S/C6H12O3/c1-3-6(8)9-4-5(2)7/h6,8H,3-4H2,1-2H3. The van der Waals surface area contributed by atoms with Crippen LogP contribution in [0.1, 0.15) is 20.3 Å². The van der Waals surface area contributed by atoms with E-state index in [1.54, 1.807) is 6.92 Å². The molecule has 0 aliphatic carbocycles. The highest BCUT2D eigenvalue weighted by molar-refractivity contribution is 5.76. The lowest BCUT2D eigenvalue weighted by Crippen LogP contribution is -2.14. The van der Waals surface area contributed by atoms with Gasteiger partial charge in [0, 0.05) is 0 Å². The number of ketones is 1. The number of Topliss-reactive ketones (excluding diaryl/α,β-unsaturated/α-hetero) is 1. The van der Waals surface area contributed by atoms with Gasteiger partial charge in [0.1, 0.15) is 6.61 Å². The molecule has 0 heterocycles. The van der Waals surface area contributed by atoms with Gasteiger partial charge in [-0.3, -0.25) is 4.79 Å². The van der Waals surface area contributed by atoms with Crippen molar-refractivity contribution in [3.8, 4) is 0 Å². The van der Waals surface area contributed by atoms with Gasteiger partial charge in [0.25, 0.3) is 0 Å². The average molecular weight is 132 g/mol. The normalized spacial score (nSPS) is 13.2. The summed E-state index contributed by atoms with van der Waals surface area (Å²) in [5.74, 6) is -0.0671. The second-order valence-corrected chi connectivity index (χ2v) is 1.88. The Morgan fingerprint density at radius 2 is 2.33 bits per heavy atom. The minimum atomic E-state index is -0.783. The molecule has 0 bridgehead atoms. The monoisotopic (exact) mass is 132 g/mol. The van der Waals surface area contributed by atoms with E-state index in [0.29, 0.717) is 6.42 Å². The molecule has 3 heteroatoms. The molecule has 0 aromatic heterocycles. The van der Waals surface area contributed by atoms with E-state index in [4.69, 9.17) is 5.11 Å². The summed E-state index contributed by atoms with van der Waals surface area (Å²) in [4.78, 5) is 10.2. The minimum Gasteiger partial charge on any atom is -0.368 e. The lowest BCUT2D eigenvalue weighted by atomic mass is 10.4. The third kappa shape index (κ3) is 5.46. The summed E-state index contributed by atoms with van der Waals surface area (Å²) in [6.07, 6.45) is -0.262. The van der Waals surface area contributed by atoms with E-state index < -0.39 is 6.29 Å². The van der Waals surface area contributed by atoms with Gasteiger partial charge < -0.3 is 9.84 Å². The minimum absolute atomic E-state index is 0.00894. The first kappa shape index (κ1) is 8.59. The van der Waals surface area contributed by atoms with Crippen molar-refractivity contribution in [1.82, 2.24) is 0 Å². The molecule has 1 N–H and O–H groups in total. The van der Waals surface area contributed by atoms with Gasteiger partial charge in [-0.1, -0.05) is 6.92 Å². The fraction of sp³-hybridized carbons (Fsp3) is 0.833. The van der Waals surface area contributed by atoms with Gasteiger partial charge in [-0.2, -0.15) is 0 Å². The van der Waals surface area contributed by atoms with Gasteiger partial charge in [0.15, 0.2) is 12.1 Å². The molecule has 1 atom stereocenters. The highest BCUT2D eigenvalue weighted by Gasteiger charge is 2.00. The van der Waals surface area contributed by atoms with Crippen LogP contribution in [0.25, 0.3) is 0 Å². The molecule has 0 aliphatic rings. The zero-order chi connectivity index (χ0) is 7.28. The molecular formula is C6H12O3. The van der Waals surface area contributed by atoms with Crippen LogP contribution in [0, 0.1) is 0 Å². The maximum atomic E-state index is 10.2. The molecule has 1 unspecified atom stereocenters. The van der Waals surface area contributed by atoms with Crippen LogP contribution in [0.3, 0.4) is 0 Å². The highest BCUT2D eigenvalue weighted by Crippen LogP contribution is 1.90. The fourth-order valence-electron chi connectivity index (χ4n) is 0.331. The first-order valence-electron chi connectivity index (χ1n) is 2.96. The van der Waals surface area contributed by atoms with Gasteiger partial charge in [-0.05, 0) is 13.3 Å². The van der Waals surface area contributed by atoms with Crippen LogP contribution in [-0.4, -0.2) is 23.8 Å². The van der Waals surface area contributed by atoms with Crippen LogP contribution >= 0.6 is 0 Å². The summed E-state index contributed by atoms with van der Waals surface area (Å²) in [5, 5.41) is 8.73. The smallest absolute Gasteiger partial charge is 0.155 e. The summed E-state index contributed by atoms with van der Waals surface area (Å²) in [5.41, 5.74) is 0. The van der Waals surface area contributed by atoms with Crippen LogP contribution in [0.5, 0.6) is 0 Å². The number of aliphatic hydroxyl groups excluding tert-OH is 1. The molecule has 0 aromatic rings. The van der Waals surface area contributed by atoms with Gasteiger partial charge in [0.05, 0.1) is 0 Å². The van der Waals surface area contributed by atoms with Gasteiger partial charge >= 0.3 is 0 Å². The van der Waals surface area contributed by atoms with Crippen LogP contribution in [0.4, 0.5) is 0 Å². The molecule has 0 aliphatic heterocycles. The summed E-state index contributed by atoms with van der Waals surface area (Å²) in [7, 11) is 0. The quantitative estimate of drug-likeness (QED) is 0.560. The van der Waals surface area contributed by atoms with Crippen molar-refractivity contribution < 1.29 is 14.6 Å². The molecule has 9 heavy (non-hydrogen) atoms. The number of rotatable bonds is 4. The lowest BCUT2D eigenvalue weighted by molar-refractivity contribution is -0.137. The fourth-order valence-corrected chi connectivity index (χ4v) is 0.331. The number of hydrogen-bond donors (Lipinski definition) is 1. The highest BCUT2D eigenvalue weighted by atomic mass is 16.6. The third-order valence-corrected chi connectivity index (χ3v) is 0.828. The predicted octanol–water partition coefficient (Wildman–Crippen LogP) is 0.320. The Morgan fingerprint density at radius 1 is 1.78 bits per heavy atom. The SMILES string of the molecule is CCC(O)OCC(C)=O. The second kappa shape index (κ2) is 4.47. The van der Waals surface area contributed by atoms with Gasteiger partial charge in [-0.15, -0.1) is 0 Å². The van der Waals surface area contributed by atoms with Gasteiger partial charge in [0.2, 0.25) is 0 Å². The van der Waals surface area contributed by atoms with Crippen LogP contribution in [0.2, 0.25) is 0 Å². The summed E-state index contributed by atoms with van der Waals surface area (Å²) in [6, 6.07) is 0. The van der Waals surface area contributed by atoms with Gasteiger partial charge in [-0.25, -0.2) is 0 Å². The Labute approximate surface area is 54.6 Å². The molecule has 0 radical (unpaired) electrons. The summed E-state index contributed by atoms with van der Waals surface area (Å²) in [6.45, 7) is 3.21. The molecule has 0 fully saturated rings. The zero-order valence-corrected chi connectivity index (χ0v) is 5.76. The summed E-state index contributed by atoms with van der Waals surface area (Å²) < 4.78 is 4.66. The molecule has 0 rings (SSSR count). The number of ether oxygens (including phenoxy) is 1. The Balaban J connectivity index is 3.16. The lowest BCUT2D eigenvalue weighted by Gasteiger charge is -2.05. The Hall–Kier alpha value is -0.410. The van der Waals surface area contributed by atoms with Crippen molar-refractivity contribution >= 4 is 5.78 Å². The molecule has 0 saturated heterocycles. The molecule has 0 amide bonds. The molecule has 0 aromatic carbocycles. The third-order valence-electron chi connectivity index (χ3n) is 0.828. The van der Waals surface area contributed by atoms with E-state index in [1.807, 2.05) is 0 Å². The molecule has 0 saturated carbocycles. The molecular weight excluding hydrogens is 120 g/mol. The number of carbonyl (C=O) groups is 1. The predicted molar refractivity (Wildman–Crippen MR) is 32.9 cm³/mol. The number of hydrogen-bond acceptors (Lipinski definition) is 3. The van der Waals surface area contributed by atoms with Crippen molar-refractivity contribution in [1.29, 1.82) is 0 Å². The van der Waals surface area contributed by atoms with Crippen molar-refractivity contribution in [2.24, 2.45) is 0 Å². The van der Waals surface area contributed by atoms with E-state index in [0.717, 1.165) is 0 Å².